The van der Waals surface area contributed by atoms with Crippen LogP contribution >= 0.6 is 0 Å². The van der Waals surface area contributed by atoms with Crippen LogP contribution in [0.1, 0.15) is 6.42 Å². The van der Waals surface area contributed by atoms with E-state index in [2.05, 4.69) is 0 Å². The standard InChI is InChI=1S/C7H18N2O4S2/c1-9(5-3-4-8)15(12,13)7-6-14(2,10)11/h3-8H2,1-2H3. The molecule has 0 aromatic rings. The van der Waals surface area contributed by atoms with Crippen molar-refractivity contribution in [2.75, 3.05) is 37.9 Å². The molecule has 0 aromatic heterocycles. The van der Waals surface area contributed by atoms with E-state index >= 15 is 0 Å². The number of sulfone groups is 1. The Morgan fingerprint density at radius 1 is 1.13 bits per heavy atom. The molecule has 0 spiro atoms. The Hall–Kier alpha value is -0.180. The molecule has 0 aliphatic carbocycles. The molecule has 0 aliphatic heterocycles. The maximum atomic E-state index is 11.5. The van der Waals surface area contributed by atoms with E-state index in [0.29, 0.717) is 19.5 Å². The van der Waals surface area contributed by atoms with Gasteiger partial charge in [-0.2, -0.15) is 0 Å². The topological polar surface area (TPSA) is 97.5 Å². The minimum atomic E-state index is -3.47. The van der Waals surface area contributed by atoms with Crippen LogP contribution in [0, 0.1) is 0 Å². The first-order valence-corrected chi connectivity index (χ1v) is 8.18. The van der Waals surface area contributed by atoms with Crippen molar-refractivity contribution in [1.82, 2.24) is 4.31 Å². The van der Waals surface area contributed by atoms with Crippen LogP contribution in [-0.2, 0) is 19.9 Å². The van der Waals surface area contributed by atoms with Gasteiger partial charge >= 0.3 is 0 Å². The number of hydrogen-bond donors (Lipinski definition) is 1. The molecule has 0 bridgehead atoms. The van der Waals surface area contributed by atoms with Gasteiger partial charge in [0.05, 0.1) is 11.5 Å². The van der Waals surface area contributed by atoms with Crippen molar-refractivity contribution in [2.24, 2.45) is 5.73 Å². The molecule has 0 aromatic carbocycles. The zero-order chi connectivity index (χ0) is 12.1. The van der Waals surface area contributed by atoms with Crippen LogP contribution in [-0.4, -0.2) is 59.0 Å². The Labute approximate surface area is 91.4 Å². The first-order valence-electron chi connectivity index (χ1n) is 4.51. The summed E-state index contributed by atoms with van der Waals surface area (Å²) in [5.74, 6) is -0.713. The van der Waals surface area contributed by atoms with Crippen LogP contribution in [0.4, 0.5) is 0 Å². The lowest BCUT2D eigenvalue weighted by Gasteiger charge is -2.16. The fourth-order valence-electron chi connectivity index (χ4n) is 0.866. The van der Waals surface area contributed by atoms with E-state index in [1.165, 1.54) is 7.05 Å². The minimum Gasteiger partial charge on any atom is -0.330 e. The molecule has 0 amide bonds. The van der Waals surface area contributed by atoms with Crippen molar-refractivity contribution >= 4 is 19.9 Å². The number of rotatable bonds is 7. The van der Waals surface area contributed by atoms with Gasteiger partial charge < -0.3 is 5.73 Å². The zero-order valence-electron chi connectivity index (χ0n) is 9.01. The van der Waals surface area contributed by atoms with Crippen molar-refractivity contribution < 1.29 is 16.8 Å². The van der Waals surface area contributed by atoms with Crippen molar-refractivity contribution in [2.45, 2.75) is 6.42 Å². The van der Waals surface area contributed by atoms with Crippen LogP contribution in [0.25, 0.3) is 0 Å². The molecule has 0 unspecified atom stereocenters. The van der Waals surface area contributed by atoms with Crippen LogP contribution < -0.4 is 5.73 Å². The third kappa shape index (κ3) is 6.82. The van der Waals surface area contributed by atoms with Crippen LogP contribution in [0.15, 0.2) is 0 Å². The van der Waals surface area contributed by atoms with E-state index < -0.39 is 19.9 Å². The average Bonchev–Trinajstić information content (AvgIpc) is 2.10. The molecule has 0 rings (SSSR count). The Balaban J connectivity index is 4.30. The fraction of sp³-hybridized carbons (Fsp3) is 1.00. The molecule has 0 fully saturated rings. The fourth-order valence-corrected chi connectivity index (χ4v) is 3.64. The predicted octanol–water partition coefficient (Wildman–Crippen LogP) is -1.36. The molecule has 0 saturated heterocycles. The van der Waals surface area contributed by atoms with Gasteiger partial charge in [0, 0.05) is 19.8 Å². The first-order chi connectivity index (χ1) is 6.69. The quantitative estimate of drug-likeness (QED) is 0.608. The Morgan fingerprint density at radius 2 is 1.67 bits per heavy atom. The monoisotopic (exact) mass is 258 g/mol. The van der Waals surface area contributed by atoms with Crippen LogP contribution in [0.2, 0.25) is 0 Å². The highest BCUT2D eigenvalue weighted by atomic mass is 32.2. The molecule has 0 radical (unpaired) electrons. The Morgan fingerprint density at radius 3 is 2.07 bits per heavy atom. The van der Waals surface area contributed by atoms with Gasteiger partial charge in [-0.05, 0) is 13.0 Å². The average molecular weight is 258 g/mol. The highest BCUT2D eigenvalue weighted by Crippen LogP contribution is 2.00. The summed E-state index contributed by atoms with van der Waals surface area (Å²) >= 11 is 0. The van der Waals surface area contributed by atoms with Gasteiger partial charge in [0.15, 0.2) is 0 Å². The molecule has 0 atom stereocenters. The molecular formula is C7H18N2O4S2. The summed E-state index contributed by atoms with van der Waals surface area (Å²) in [6.07, 6.45) is 1.58. The van der Waals surface area contributed by atoms with E-state index in [4.69, 9.17) is 5.73 Å². The lowest BCUT2D eigenvalue weighted by Crippen LogP contribution is -2.33. The van der Waals surface area contributed by atoms with Gasteiger partial charge in [0.2, 0.25) is 10.0 Å². The second kappa shape index (κ2) is 5.78. The molecule has 0 aliphatic rings. The van der Waals surface area contributed by atoms with Crippen molar-refractivity contribution in [3.63, 3.8) is 0 Å². The zero-order valence-corrected chi connectivity index (χ0v) is 10.6. The molecule has 2 N–H and O–H groups in total. The second-order valence-electron chi connectivity index (χ2n) is 3.41. The van der Waals surface area contributed by atoms with Crippen molar-refractivity contribution in [1.29, 1.82) is 0 Å². The third-order valence-corrected chi connectivity index (χ3v) is 4.92. The largest absolute Gasteiger partial charge is 0.330 e. The molecule has 0 saturated carbocycles. The molecule has 92 valence electrons. The summed E-state index contributed by atoms with van der Waals surface area (Å²) in [5.41, 5.74) is 5.25. The summed E-state index contributed by atoms with van der Waals surface area (Å²) < 4.78 is 45.8. The van der Waals surface area contributed by atoms with Crippen molar-refractivity contribution in [3.05, 3.63) is 0 Å². The van der Waals surface area contributed by atoms with Gasteiger partial charge in [0.1, 0.15) is 9.84 Å². The van der Waals surface area contributed by atoms with Gasteiger partial charge in [-0.25, -0.2) is 21.1 Å². The van der Waals surface area contributed by atoms with Gasteiger partial charge in [-0.1, -0.05) is 0 Å². The molecule has 6 nitrogen and oxygen atoms in total. The normalized spacial score (nSPS) is 13.3. The van der Waals surface area contributed by atoms with Gasteiger partial charge in [-0.3, -0.25) is 0 Å². The Bertz CT molecular complexity index is 374. The highest BCUT2D eigenvalue weighted by Gasteiger charge is 2.19. The SMILES string of the molecule is CN(CCCN)S(=O)(=O)CCS(C)(=O)=O. The van der Waals surface area contributed by atoms with E-state index in [1.54, 1.807) is 0 Å². The van der Waals surface area contributed by atoms with Crippen LogP contribution in [0.5, 0.6) is 0 Å². The van der Waals surface area contributed by atoms with E-state index in [9.17, 15) is 16.8 Å². The number of hydrogen-bond acceptors (Lipinski definition) is 5. The Kier molecular flexibility index (Phi) is 5.71. The molecular weight excluding hydrogens is 240 g/mol. The summed E-state index contributed by atoms with van der Waals surface area (Å²) in [5, 5.41) is 0. The second-order valence-corrected chi connectivity index (χ2v) is 7.86. The van der Waals surface area contributed by atoms with Crippen LogP contribution in [0.3, 0.4) is 0 Å². The van der Waals surface area contributed by atoms with Crippen molar-refractivity contribution in [3.8, 4) is 0 Å². The maximum absolute atomic E-state index is 11.5. The summed E-state index contributed by atoms with van der Waals surface area (Å²) in [7, 11) is -5.29. The maximum Gasteiger partial charge on any atom is 0.214 e. The molecule has 0 heterocycles. The molecule has 8 heteroatoms. The third-order valence-electron chi connectivity index (χ3n) is 1.86. The number of nitrogens with two attached hydrogens (primary N) is 1. The summed E-state index contributed by atoms with van der Waals surface area (Å²) in [6.45, 7) is 0.731. The smallest absolute Gasteiger partial charge is 0.214 e. The number of nitrogens with zero attached hydrogens (tertiary/aromatic N) is 1. The minimum absolute atomic E-state index is 0.322. The van der Waals surface area contributed by atoms with Gasteiger partial charge in [-0.15, -0.1) is 0 Å². The van der Waals surface area contributed by atoms with E-state index in [-0.39, 0.29) is 11.5 Å². The lowest BCUT2D eigenvalue weighted by molar-refractivity contribution is 0.464. The van der Waals surface area contributed by atoms with Gasteiger partial charge in [0.25, 0.3) is 0 Å². The predicted molar refractivity (Wildman–Crippen MR) is 59.8 cm³/mol. The highest BCUT2D eigenvalue weighted by molar-refractivity contribution is 7.93. The first kappa shape index (κ1) is 14.8. The van der Waals surface area contributed by atoms with E-state index in [0.717, 1.165) is 10.6 Å². The number of sulfonamides is 1. The summed E-state index contributed by atoms with van der Waals surface area (Å²) in [4.78, 5) is 0. The summed E-state index contributed by atoms with van der Waals surface area (Å²) in [6, 6.07) is 0. The lowest BCUT2D eigenvalue weighted by atomic mass is 10.4. The molecule has 15 heavy (non-hydrogen) atoms. The van der Waals surface area contributed by atoms with E-state index in [1.807, 2.05) is 0 Å².